The van der Waals surface area contributed by atoms with Gasteiger partial charge in [-0.1, -0.05) is 12.8 Å². The first-order valence-electron chi connectivity index (χ1n) is 6.10. The molecule has 1 rings (SSSR count). The summed E-state index contributed by atoms with van der Waals surface area (Å²) in [5.74, 6) is 0.845. The Labute approximate surface area is 114 Å². The molecule has 0 aromatic heterocycles. The Morgan fingerprint density at radius 2 is 1.76 bits per heavy atom. The lowest BCUT2D eigenvalue weighted by Gasteiger charge is -2.30. The molecule has 1 N–H and O–H groups in total. The second kappa shape index (κ2) is 8.73. The number of rotatable bonds is 5. The number of nitrogens with zero attached hydrogens (tertiary/aromatic N) is 1. The van der Waals surface area contributed by atoms with E-state index in [1.54, 1.807) is 4.67 Å². The molecule has 1 aliphatic rings. The van der Waals surface area contributed by atoms with E-state index >= 15 is 0 Å². The average Bonchev–Trinajstić information content (AvgIpc) is 2.42. The van der Waals surface area contributed by atoms with Gasteiger partial charge in [-0.15, -0.1) is 23.2 Å². The highest BCUT2D eigenvalue weighted by atomic mass is 35.5. The van der Waals surface area contributed by atoms with Gasteiger partial charge in [-0.2, -0.15) is 0 Å². The van der Waals surface area contributed by atoms with E-state index in [1.165, 1.54) is 0 Å². The second-order valence-corrected chi connectivity index (χ2v) is 6.94. The normalized spacial score (nSPS) is 27.5. The van der Waals surface area contributed by atoms with Crippen LogP contribution in [0, 0.1) is 0 Å². The minimum Gasteiger partial charge on any atom is -0.306 e. The molecule has 4 nitrogen and oxygen atoms in total. The van der Waals surface area contributed by atoms with Crippen molar-refractivity contribution >= 4 is 30.9 Å². The number of alkyl halides is 2. The third-order valence-electron chi connectivity index (χ3n) is 2.71. The highest BCUT2D eigenvalue weighted by Gasteiger charge is 2.31. The Morgan fingerprint density at radius 1 is 1.12 bits per heavy atom. The van der Waals surface area contributed by atoms with Crippen LogP contribution in [0.25, 0.3) is 0 Å². The lowest BCUT2D eigenvalue weighted by molar-refractivity contribution is 0.254. The summed E-state index contributed by atoms with van der Waals surface area (Å²) in [4.78, 5) is 0. The molecular formula is C10H21Cl2N2O2P. The summed E-state index contributed by atoms with van der Waals surface area (Å²) in [5, 5.41) is 3.05. The van der Waals surface area contributed by atoms with Gasteiger partial charge < -0.3 is 4.52 Å². The van der Waals surface area contributed by atoms with Crippen LogP contribution in [-0.2, 0) is 9.09 Å². The number of halogens is 2. The van der Waals surface area contributed by atoms with Gasteiger partial charge in [-0.05, 0) is 12.8 Å². The van der Waals surface area contributed by atoms with E-state index in [2.05, 4.69) is 5.09 Å². The van der Waals surface area contributed by atoms with Crippen molar-refractivity contribution in [2.75, 3.05) is 38.0 Å². The third-order valence-corrected chi connectivity index (χ3v) is 5.35. The molecule has 0 aliphatic carbocycles. The molecule has 0 saturated carbocycles. The van der Waals surface area contributed by atoms with E-state index in [9.17, 15) is 4.57 Å². The summed E-state index contributed by atoms with van der Waals surface area (Å²) in [7, 11) is -2.94. The largest absolute Gasteiger partial charge is 0.343 e. The molecule has 0 amide bonds. The van der Waals surface area contributed by atoms with E-state index in [1.807, 2.05) is 0 Å². The molecule has 1 unspecified atom stereocenters. The van der Waals surface area contributed by atoms with E-state index in [0.717, 1.165) is 32.2 Å². The minimum absolute atomic E-state index is 0.423. The lowest BCUT2D eigenvalue weighted by atomic mass is 10.2. The molecule has 0 radical (unpaired) electrons. The Bertz CT molecular complexity index is 236. The first-order valence-corrected chi connectivity index (χ1v) is 8.74. The van der Waals surface area contributed by atoms with Crippen LogP contribution in [0.3, 0.4) is 0 Å². The van der Waals surface area contributed by atoms with Crippen molar-refractivity contribution in [1.82, 2.24) is 9.76 Å². The van der Waals surface area contributed by atoms with Gasteiger partial charge in [0.1, 0.15) is 0 Å². The fourth-order valence-electron chi connectivity index (χ4n) is 1.79. The molecule has 0 spiro atoms. The second-order valence-electron chi connectivity index (χ2n) is 4.01. The van der Waals surface area contributed by atoms with Crippen LogP contribution in [0.5, 0.6) is 0 Å². The maximum atomic E-state index is 12.7. The molecule has 1 saturated heterocycles. The molecule has 1 heterocycles. The monoisotopic (exact) mass is 302 g/mol. The topological polar surface area (TPSA) is 41.6 Å². The van der Waals surface area contributed by atoms with Crippen LogP contribution in [0.15, 0.2) is 0 Å². The first kappa shape index (κ1) is 15.7. The molecule has 0 aromatic rings. The van der Waals surface area contributed by atoms with Crippen molar-refractivity contribution in [3.05, 3.63) is 0 Å². The summed E-state index contributed by atoms with van der Waals surface area (Å²) in [6.45, 7) is 2.31. The molecule has 1 fully saturated rings. The van der Waals surface area contributed by atoms with Gasteiger partial charge in [-0.3, -0.25) is 4.57 Å². The first-order chi connectivity index (χ1) is 8.23. The summed E-state index contributed by atoms with van der Waals surface area (Å²) in [6, 6.07) is 0. The Morgan fingerprint density at radius 3 is 2.41 bits per heavy atom. The van der Waals surface area contributed by atoms with Gasteiger partial charge >= 0.3 is 7.67 Å². The van der Waals surface area contributed by atoms with Gasteiger partial charge in [0, 0.05) is 31.4 Å². The average molecular weight is 303 g/mol. The standard InChI is InChI=1S/C10H21Cl2N2O2P/c11-5-8-14(9-6-12)17(15)13-7-3-1-2-4-10-16-17/h1-10H2,(H,13,15). The van der Waals surface area contributed by atoms with Crippen LogP contribution in [0.1, 0.15) is 25.7 Å². The van der Waals surface area contributed by atoms with Crippen molar-refractivity contribution < 1.29 is 9.09 Å². The van der Waals surface area contributed by atoms with Crippen molar-refractivity contribution in [2.45, 2.75) is 25.7 Å². The number of hydrogen-bond donors (Lipinski definition) is 1. The van der Waals surface area contributed by atoms with Gasteiger partial charge in [0.05, 0.1) is 6.61 Å². The van der Waals surface area contributed by atoms with E-state index in [0.29, 0.717) is 31.5 Å². The third kappa shape index (κ3) is 5.46. The fourth-order valence-corrected chi connectivity index (χ4v) is 4.43. The summed E-state index contributed by atoms with van der Waals surface area (Å²) in [6.07, 6.45) is 4.28. The smallest absolute Gasteiger partial charge is 0.306 e. The molecule has 7 heteroatoms. The van der Waals surface area contributed by atoms with Crippen LogP contribution in [0.2, 0.25) is 0 Å². The van der Waals surface area contributed by atoms with E-state index < -0.39 is 7.67 Å². The van der Waals surface area contributed by atoms with Crippen molar-refractivity contribution in [3.8, 4) is 0 Å². The Kier molecular flexibility index (Phi) is 8.09. The summed E-state index contributed by atoms with van der Waals surface area (Å²) in [5.41, 5.74) is 0. The maximum absolute atomic E-state index is 12.7. The molecule has 17 heavy (non-hydrogen) atoms. The highest BCUT2D eigenvalue weighted by molar-refractivity contribution is 7.54. The van der Waals surface area contributed by atoms with Crippen LogP contribution < -0.4 is 5.09 Å². The van der Waals surface area contributed by atoms with Crippen LogP contribution in [0.4, 0.5) is 0 Å². The zero-order chi connectivity index (χ0) is 12.6. The highest BCUT2D eigenvalue weighted by Crippen LogP contribution is 2.46. The quantitative estimate of drug-likeness (QED) is 0.626. The van der Waals surface area contributed by atoms with Gasteiger partial charge in [0.15, 0.2) is 0 Å². The summed E-state index contributed by atoms with van der Waals surface area (Å²) >= 11 is 11.5. The van der Waals surface area contributed by atoms with Gasteiger partial charge in [-0.25, -0.2) is 9.76 Å². The zero-order valence-corrected chi connectivity index (χ0v) is 12.4. The lowest BCUT2D eigenvalue weighted by Crippen LogP contribution is -2.33. The molecule has 0 aromatic carbocycles. The van der Waals surface area contributed by atoms with Crippen LogP contribution >= 0.6 is 30.9 Å². The summed E-state index contributed by atoms with van der Waals surface area (Å²) < 4.78 is 20.0. The maximum Gasteiger partial charge on any atom is 0.343 e. The van der Waals surface area contributed by atoms with E-state index in [4.69, 9.17) is 27.7 Å². The minimum atomic E-state index is -2.94. The Balaban J connectivity index is 2.66. The van der Waals surface area contributed by atoms with E-state index in [-0.39, 0.29) is 0 Å². The molecular weight excluding hydrogens is 282 g/mol. The van der Waals surface area contributed by atoms with Gasteiger partial charge in [0.25, 0.3) is 0 Å². The van der Waals surface area contributed by atoms with Crippen molar-refractivity contribution in [1.29, 1.82) is 0 Å². The SMILES string of the molecule is O=P1(N(CCCl)CCCl)NCCCCCCO1. The van der Waals surface area contributed by atoms with Crippen molar-refractivity contribution in [3.63, 3.8) is 0 Å². The fraction of sp³-hybridized carbons (Fsp3) is 1.00. The van der Waals surface area contributed by atoms with Crippen LogP contribution in [-0.4, -0.2) is 42.7 Å². The van der Waals surface area contributed by atoms with Gasteiger partial charge in [0.2, 0.25) is 0 Å². The predicted molar refractivity (Wildman–Crippen MR) is 73.0 cm³/mol. The number of hydrogen-bond acceptors (Lipinski definition) is 2. The predicted octanol–water partition coefficient (Wildman–Crippen LogP) is 3.05. The number of nitrogens with one attached hydrogen (secondary N) is 1. The molecule has 0 bridgehead atoms. The zero-order valence-electron chi connectivity index (χ0n) is 10.0. The van der Waals surface area contributed by atoms with Crippen molar-refractivity contribution in [2.24, 2.45) is 0 Å². The molecule has 1 aliphatic heterocycles. The Hall–Kier alpha value is 0.690. The molecule has 102 valence electrons. The molecule has 1 atom stereocenters.